The van der Waals surface area contributed by atoms with Gasteiger partial charge in [-0.15, -0.1) is 0 Å². The average molecular weight is 339 g/mol. The van der Waals surface area contributed by atoms with Crippen LogP contribution >= 0.6 is 0 Å². The summed E-state index contributed by atoms with van der Waals surface area (Å²) in [6.45, 7) is 0. The van der Waals surface area contributed by atoms with Crippen molar-refractivity contribution in [3.8, 4) is 5.75 Å². The van der Waals surface area contributed by atoms with Crippen molar-refractivity contribution in [2.24, 2.45) is 0 Å². The Morgan fingerprint density at radius 2 is 1.56 bits per heavy atom. The lowest BCUT2D eigenvalue weighted by Crippen LogP contribution is -2.32. The molecule has 0 unspecified atom stereocenters. The molecule has 0 atom stereocenters. The maximum atomic E-state index is 12.1. The molecule has 6 heteroatoms. The molecule has 1 aliphatic heterocycles. The molecule has 2 aromatic carbocycles. The van der Waals surface area contributed by atoms with Crippen LogP contribution in [0.1, 0.15) is 39.1 Å². The van der Waals surface area contributed by atoms with E-state index in [1.807, 2.05) is 24.3 Å². The molecule has 0 aromatic heterocycles. The van der Waals surface area contributed by atoms with E-state index in [0.717, 1.165) is 11.3 Å². The van der Waals surface area contributed by atoms with Crippen LogP contribution < -0.4 is 4.74 Å². The third-order valence-electron chi connectivity index (χ3n) is 3.97. The smallest absolute Gasteiger partial charge is 0.333 e. The molecule has 6 nitrogen and oxygen atoms in total. The van der Waals surface area contributed by atoms with Crippen LogP contribution in [0.25, 0.3) is 0 Å². The zero-order valence-electron chi connectivity index (χ0n) is 13.7. The van der Waals surface area contributed by atoms with Gasteiger partial charge in [0.15, 0.2) is 0 Å². The highest BCUT2D eigenvalue weighted by molar-refractivity contribution is 6.20. The first-order chi connectivity index (χ1) is 12.1. The van der Waals surface area contributed by atoms with Gasteiger partial charge in [-0.05, 0) is 36.6 Å². The second-order valence-electron chi connectivity index (χ2n) is 5.58. The molecule has 128 valence electrons. The Hall–Kier alpha value is -3.15. The molecule has 0 N–H and O–H groups in total. The normalized spacial score (nSPS) is 12.9. The third-order valence-corrected chi connectivity index (χ3v) is 3.97. The maximum Gasteiger partial charge on any atom is 0.333 e. The lowest BCUT2D eigenvalue weighted by Gasteiger charge is -2.13. The van der Waals surface area contributed by atoms with Gasteiger partial charge < -0.3 is 9.57 Å². The van der Waals surface area contributed by atoms with Crippen molar-refractivity contribution in [3.05, 3.63) is 65.2 Å². The summed E-state index contributed by atoms with van der Waals surface area (Å²) in [6.07, 6.45) is 1.23. The Morgan fingerprint density at radius 3 is 2.20 bits per heavy atom. The van der Waals surface area contributed by atoms with Gasteiger partial charge in [-0.1, -0.05) is 35.4 Å². The molecule has 0 radical (unpaired) electrons. The van der Waals surface area contributed by atoms with Gasteiger partial charge in [0, 0.05) is 6.42 Å². The standard InChI is InChI=1S/C19H17NO5/c1-24-16-11-5-2-7-13(16)8-6-12-17(21)25-20-18(22)14-9-3-4-10-15(14)19(20)23/h2-5,7,9-11H,6,8,12H2,1H3. The SMILES string of the molecule is COc1ccccc1CCCC(=O)ON1C(=O)c2ccccc2C1=O. The molecule has 0 saturated carbocycles. The molecule has 1 heterocycles. The van der Waals surface area contributed by atoms with Crippen molar-refractivity contribution in [2.45, 2.75) is 19.3 Å². The zero-order valence-corrected chi connectivity index (χ0v) is 13.7. The summed E-state index contributed by atoms with van der Waals surface area (Å²) < 4.78 is 5.26. The zero-order chi connectivity index (χ0) is 17.8. The summed E-state index contributed by atoms with van der Waals surface area (Å²) in [6, 6.07) is 13.9. The summed E-state index contributed by atoms with van der Waals surface area (Å²) in [5.74, 6) is -1.09. The van der Waals surface area contributed by atoms with Crippen LogP contribution in [0, 0.1) is 0 Å². The minimum absolute atomic E-state index is 0.0887. The highest BCUT2D eigenvalue weighted by Gasteiger charge is 2.38. The fraction of sp³-hybridized carbons (Fsp3) is 0.211. The van der Waals surface area contributed by atoms with Gasteiger partial charge in [-0.3, -0.25) is 9.59 Å². The number of hydrogen-bond donors (Lipinski definition) is 0. The van der Waals surface area contributed by atoms with E-state index in [4.69, 9.17) is 9.57 Å². The lowest BCUT2D eigenvalue weighted by molar-refractivity contribution is -0.168. The molecule has 1 aliphatic rings. The Labute approximate surface area is 144 Å². The van der Waals surface area contributed by atoms with Crippen molar-refractivity contribution < 1.29 is 24.0 Å². The summed E-state index contributed by atoms with van der Waals surface area (Å²) >= 11 is 0. The molecule has 0 spiro atoms. The van der Waals surface area contributed by atoms with Crippen LogP contribution in [-0.2, 0) is 16.1 Å². The van der Waals surface area contributed by atoms with Gasteiger partial charge in [0.1, 0.15) is 5.75 Å². The number of aryl methyl sites for hydroxylation is 1. The first kappa shape index (κ1) is 16.7. The number of rotatable bonds is 6. The van der Waals surface area contributed by atoms with E-state index in [1.165, 1.54) is 12.1 Å². The molecular weight excluding hydrogens is 322 g/mol. The van der Waals surface area contributed by atoms with Crippen LogP contribution in [0.2, 0.25) is 0 Å². The molecule has 25 heavy (non-hydrogen) atoms. The van der Waals surface area contributed by atoms with Crippen molar-refractivity contribution >= 4 is 17.8 Å². The lowest BCUT2D eigenvalue weighted by atomic mass is 10.1. The summed E-state index contributed by atoms with van der Waals surface area (Å²) in [5.41, 5.74) is 1.47. The quantitative estimate of drug-likeness (QED) is 0.757. The fourth-order valence-electron chi connectivity index (χ4n) is 2.73. The minimum Gasteiger partial charge on any atom is -0.496 e. The Balaban J connectivity index is 1.55. The van der Waals surface area contributed by atoms with Crippen LogP contribution in [0.3, 0.4) is 0 Å². The number of carbonyl (C=O) groups excluding carboxylic acids is 3. The molecule has 2 amide bonds. The van der Waals surface area contributed by atoms with Gasteiger partial charge in [0.2, 0.25) is 0 Å². The molecule has 0 aliphatic carbocycles. The Kier molecular flexibility index (Phi) is 4.79. The monoisotopic (exact) mass is 339 g/mol. The molecule has 2 aromatic rings. The molecule has 0 saturated heterocycles. The highest BCUT2D eigenvalue weighted by Crippen LogP contribution is 2.23. The van der Waals surface area contributed by atoms with Crippen LogP contribution in [-0.4, -0.2) is 30.0 Å². The van der Waals surface area contributed by atoms with Crippen molar-refractivity contribution in [2.75, 3.05) is 7.11 Å². The van der Waals surface area contributed by atoms with Crippen molar-refractivity contribution in [1.82, 2.24) is 5.06 Å². The summed E-state index contributed by atoms with van der Waals surface area (Å²) in [7, 11) is 1.59. The van der Waals surface area contributed by atoms with E-state index >= 15 is 0 Å². The Bertz CT molecular complexity index is 795. The van der Waals surface area contributed by atoms with Gasteiger partial charge in [0.05, 0.1) is 18.2 Å². The van der Waals surface area contributed by atoms with E-state index in [0.29, 0.717) is 17.9 Å². The summed E-state index contributed by atoms with van der Waals surface area (Å²) in [5, 5.41) is 0.538. The number of benzene rings is 2. The molecule has 3 rings (SSSR count). The van der Waals surface area contributed by atoms with Crippen LogP contribution in [0.15, 0.2) is 48.5 Å². The van der Waals surface area contributed by atoms with Crippen LogP contribution in [0.5, 0.6) is 5.75 Å². The van der Waals surface area contributed by atoms with E-state index in [1.54, 1.807) is 19.2 Å². The van der Waals surface area contributed by atoms with Gasteiger partial charge in [0.25, 0.3) is 11.8 Å². The van der Waals surface area contributed by atoms with Crippen LogP contribution in [0.4, 0.5) is 0 Å². The maximum absolute atomic E-state index is 12.1. The van der Waals surface area contributed by atoms with Crippen molar-refractivity contribution in [1.29, 1.82) is 0 Å². The largest absolute Gasteiger partial charge is 0.496 e. The Morgan fingerprint density at radius 1 is 0.960 bits per heavy atom. The number of para-hydroxylation sites is 1. The number of carbonyl (C=O) groups is 3. The number of hydrogen-bond acceptors (Lipinski definition) is 5. The van der Waals surface area contributed by atoms with E-state index in [-0.39, 0.29) is 17.5 Å². The predicted octanol–water partition coefficient (Wildman–Crippen LogP) is 2.77. The third kappa shape index (κ3) is 3.38. The molecule has 0 bridgehead atoms. The first-order valence-corrected chi connectivity index (χ1v) is 7.92. The van der Waals surface area contributed by atoms with Crippen molar-refractivity contribution in [3.63, 3.8) is 0 Å². The number of imide groups is 1. The van der Waals surface area contributed by atoms with Gasteiger partial charge in [-0.25, -0.2) is 4.79 Å². The second-order valence-corrected chi connectivity index (χ2v) is 5.58. The average Bonchev–Trinajstić information content (AvgIpc) is 2.87. The predicted molar refractivity (Wildman–Crippen MR) is 89.0 cm³/mol. The van der Waals surface area contributed by atoms with E-state index in [2.05, 4.69) is 0 Å². The number of fused-ring (bicyclic) bond motifs is 1. The van der Waals surface area contributed by atoms with E-state index in [9.17, 15) is 14.4 Å². The second kappa shape index (κ2) is 7.17. The topological polar surface area (TPSA) is 72.9 Å². The van der Waals surface area contributed by atoms with Gasteiger partial charge >= 0.3 is 5.97 Å². The molecular formula is C19H17NO5. The fourth-order valence-corrected chi connectivity index (χ4v) is 2.73. The van der Waals surface area contributed by atoms with Gasteiger partial charge in [-0.2, -0.15) is 0 Å². The first-order valence-electron chi connectivity index (χ1n) is 7.92. The highest BCUT2D eigenvalue weighted by atomic mass is 16.7. The number of nitrogens with zero attached hydrogens (tertiary/aromatic N) is 1. The summed E-state index contributed by atoms with van der Waals surface area (Å²) in [4.78, 5) is 41.2. The number of hydroxylamine groups is 2. The number of ether oxygens (including phenoxy) is 1. The molecule has 0 fully saturated rings. The number of amides is 2. The number of methoxy groups -OCH3 is 1. The minimum atomic E-state index is -0.621. The van der Waals surface area contributed by atoms with E-state index < -0.39 is 17.8 Å².